The van der Waals surface area contributed by atoms with E-state index in [1.165, 1.54) is 18.5 Å². The average molecular weight is 449 g/mol. The van der Waals surface area contributed by atoms with Gasteiger partial charge in [0, 0.05) is 38.3 Å². The Labute approximate surface area is 191 Å². The largest absolute Gasteiger partial charge is 0.481 e. The summed E-state index contributed by atoms with van der Waals surface area (Å²) in [6.07, 6.45) is 1.54. The number of halogens is 1. The van der Waals surface area contributed by atoms with E-state index in [-0.39, 0.29) is 24.4 Å². The van der Waals surface area contributed by atoms with E-state index in [9.17, 15) is 9.18 Å². The third-order valence-corrected chi connectivity index (χ3v) is 6.10. The Morgan fingerprint density at radius 2 is 1.88 bits per heavy atom. The zero-order valence-electron chi connectivity index (χ0n) is 18.3. The van der Waals surface area contributed by atoms with Crippen LogP contribution < -0.4 is 20.3 Å². The zero-order valence-corrected chi connectivity index (χ0v) is 18.3. The van der Waals surface area contributed by atoms with Crippen LogP contribution in [-0.2, 0) is 4.79 Å². The molecule has 1 fully saturated rings. The number of nitrogens with zero attached hydrogens (tertiary/aromatic N) is 4. The Morgan fingerprint density at radius 1 is 1.09 bits per heavy atom. The Bertz CT molecular complexity index is 1150. The van der Waals surface area contributed by atoms with E-state index in [4.69, 9.17) is 4.74 Å². The predicted octanol–water partition coefficient (Wildman–Crippen LogP) is 3.57. The van der Waals surface area contributed by atoms with Gasteiger partial charge in [0.15, 0.2) is 6.61 Å². The van der Waals surface area contributed by atoms with Gasteiger partial charge in [-0.05, 0) is 36.8 Å². The van der Waals surface area contributed by atoms with Gasteiger partial charge in [-0.15, -0.1) is 0 Å². The third-order valence-electron chi connectivity index (χ3n) is 6.10. The van der Waals surface area contributed by atoms with E-state index in [2.05, 4.69) is 37.3 Å². The Balaban J connectivity index is 1.25. The molecule has 0 aliphatic carbocycles. The minimum absolute atomic E-state index is 0.0138. The fourth-order valence-corrected chi connectivity index (χ4v) is 4.22. The van der Waals surface area contributed by atoms with Gasteiger partial charge in [-0.1, -0.05) is 18.2 Å². The lowest BCUT2D eigenvalue weighted by Gasteiger charge is -2.38. The average Bonchev–Trinajstić information content (AvgIpc) is 2.85. The summed E-state index contributed by atoms with van der Waals surface area (Å²) < 4.78 is 18.7. The number of para-hydroxylation sites is 1. The fraction of sp³-hybridized carbons (Fsp3) is 0.292. The standard InChI is InChI=1S/C24H25FN6O2/c1-16(17-5-7-18(25)8-6-17)30-9-11-31(12-10-30)22-13-21(26-15-27-22)28-19-3-2-4-20-24(19)29-23(32)14-33-20/h2-8,13,15-16H,9-12,14H2,1H3,(H,29,32)(H,26,27,28). The summed E-state index contributed by atoms with van der Waals surface area (Å²) in [5.74, 6) is 1.70. The summed E-state index contributed by atoms with van der Waals surface area (Å²) in [5.41, 5.74) is 2.43. The van der Waals surface area contributed by atoms with Gasteiger partial charge in [0.2, 0.25) is 0 Å². The molecule has 0 saturated carbocycles. The van der Waals surface area contributed by atoms with Crippen molar-refractivity contribution in [2.75, 3.05) is 48.3 Å². The molecule has 2 N–H and O–H groups in total. The molecule has 1 saturated heterocycles. The van der Waals surface area contributed by atoms with Gasteiger partial charge in [0.1, 0.15) is 35.2 Å². The first-order chi connectivity index (χ1) is 16.1. The second kappa shape index (κ2) is 9.03. The van der Waals surface area contributed by atoms with Gasteiger partial charge in [0.05, 0.1) is 5.69 Å². The summed E-state index contributed by atoms with van der Waals surface area (Å²) in [4.78, 5) is 25.2. The number of rotatable bonds is 5. The lowest BCUT2D eigenvalue weighted by molar-refractivity contribution is -0.118. The molecule has 2 aliphatic heterocycles. The monoisotopic (exact) mass is 448 g/mol. The normalized spacial score (nSPS) is 17.0. The smallest absolute Gasteiger partial charge is 0.262 e. The van der Waals surface area contributed by atoms with Gasteiger partial charge in [-0.2, -0.15) is 0 Å². The van der Waals surface area contributed by atoms with Crippen LogP contribution in [-0.4, -0.2) is 53.6 Å². The van der Waals surface area contributed by atoms with Crippen LogP contribution in [0.25, 0.3) is 0 Å². The second-order valence-corrected chi connectivity index (χ2v) is 8.15. The molecule has 170 valence electrons. The molecule has 0 radical (unpaired) electrons. The maximum atomic E-state index is 13.2. The van der Waals surface area contributed by atoms with Crippen LogP contribution in [0.2, 0.25) is 0 Å². The summed E-state index contributed by atoms with van der Waals surface area (Å²) in [5, 5.41) is 6.12. The number of carbonyl (C=O) groups excluding carboxylic acids is 1. The quantitative estimate of drug-likeness (QED) is 0.617. The molecular weight excluding hydrogens is 423 g/mol. The molecule has 1 amide bonds. The number of benzene rings is 2. The van der Waals surface area contributed by atoms with Crippen molar-refractivity contribution in [3.8, 4) is 5.75 Å². The number of amides is 1. The van der Waals surface area contributed by atoms with Crippen molar-refractivity contribution in [3.63, 3.8) is 0 Å². The lowest BCUT2D eigenvalue weighted by atomic mass is 10.1. The van der Waals surface area contributed by atoms with E-state index >= 15 is 0 Å². The molecule has 5 rings (SSSR count). The van der Waals surface area contributed by atoms with Crippen molar-refractivity contribution < 1.29 is 13.9 Å². The molecule has 8 nitrogen and oxygen atoms in total. The summed E-state index contributed by atoms with van der Waals surface area (Å²) in [6, 6.07) is 14.4. The minimum Gasteiger partial charge on any atom is -0.481 e. The molecule has 1 unspecified atom stereocenters. The molecule has 3 heterocycles. The minimum atomic E-state index is -0.213. The van der Waals surface area contributed by atoms with Gasteiger partial charge in [-0.3, -0.25) is 9.69 Å². The lowest BCUT2D eigenvalue weighted by Crippen LogP contribution is -2.47. The van der Waals surface area contributed by atoms with Crippen LogP contribution in [0.4, 0.5) is 27.4 Å². The first-order valence-electron chi connectivity index (χ1n) is 11.0. The van der Waals surface area contributed by atoms with Gasteiger partial charge < -0.3 is 20.3 Å². The number of aromatic nitrogens is 2. The molecular formula is C24H25FN6O2. The van der Waals surface area contributed by atoms with Crippen molar-refractivity contribution in [2.24, 2.45) is 0 Å². The Hall–Kier alpha value is -3.72. The maximum absolute atomic E-state index is 13.2. The van der Waals surface area contributed by atoms with Crippen LogP contribution in [0, 0.1) is 5.82 Å². The first kappa shape index (κ1) is 21.1. The maximum Gasteiger partial charge on any atom is 0.262 e. The first-order valence-corrected chi connectivity index (χ1v) is 11.0. The van der Waals surface area contributed by atoms with Crippen LogP contribution in [0.3, 0.4) is 0 Å². The van der Waals surface area contributed by atoms with Crippen LogP contribution >= 0.6 is 0 Å². The van der Waals surface area contributed by atoms with Crippen molar-refractivity contribution in [2.45, 2.75) is 13.0 Å². The van der Waals surface area contributed by atoms with Crippen LogP contribution in [0.5, 0.6) is 5.75 Å². The second-order valence-electron chi connectivity index (χ2n) is 8.15. The Kier molecular flexibility index (Phi) is 5.78. The van der Waals surface area contributed by atoms with Gasteiger partial charge in [-0.25, -0.2) is 14.4 Å². The fourth-order valence-electron chi connectivity index (χ4n) is 4.22. The van der Waals surface area contributed by atoms with Crippen LogP contribution in [0.15, 0.2) is 54.9 Å². The number of hydrogen-bond acceptors (Lipinski definition) is 7. The Morgan fingerprint density at radius 3 is 2.67 bits per heavy atom. The van der Waals surface area contributed by atoms with E-state index in [1.54, 1.807) is 0 Å². The number of piperazine rings is 1. The van der Waals surface area contributed by atoms with Gasteiger partial charge >= 0.3 is 0 Å². The molecule has 33 heavy (non-hydrogen) atoms. The molecule has 2 aliphatic rings. The number of fused-ring (bicyclic) bond motifs is 1. The molecule has 0 spiro atoms. The topological polar surface area (TPSA) is 82.6 Å². The van der Waals surface area contributed by atoms with E-state index < -0.39 is 0 Å². The number of hydrogen-bond donors (Lipinski definition) is 2. The zero-order chi connectivity index (χ0) is 22.8. The van der Waals surface area contributed by atoms with Crippen molar-refractivity contribution in [3.05, 3.63) is 66.2 Å². The highest BCUT2D eigenvalue weighted by Crippen LogP contribution is 2.36. The summed E-state index contributed by atoms with van der Waals surface area (Å²) >= 11 is 0. The molecule has 1 atom stereocenters. The highest BCUT2D eigenvalue weighted by atomic mass is 19.1. The SMILES string of the molecule is CC(c1ccc(F)cc1)N1CCN(c2cc(Nc3cccc4c3NC(=O)CO4)ncn2)CC1. The number of ether oxygens (including phenoxy) is 1. The third kappa shape index (κ3) is 4.58. The molecule has 2 aromatic carbocycles. The van der Waals surface area contributed by atoms with Crippen molar-refractivity contribution in [1.82, 2.24) is 14.9 Å². The van der Waals surface area contributed by atoms with Crippen LogP contribution in [0.1, 0.15) is 18.5 Å². The number of nitrogens with one attached hydrogen (secondary N) is 2. The molecule has 0 bridgehead atoms. The van der Waals surface area contributed by atoms with E-state index in [0.717, 1.165) is 37.6 Å². The van der Waals surface area contributed by atoms with Crippen molar-refractivity contribution >= 4 is 28.9 Å². The number of anilines is 4. The van der Waals surface area contributed by atoms with E-state index in [0.29, 0.717) is 22.9 Å². The molecule has 1 aromatic heterocycles. The van der Waals surface area contributed by atoms with E-state index in [1.807, 2.05) is 36.4 Å². The summed E-state index contributed by atoms with van der Waals surface area (Å²) in [6.45, 7) is 5.57. The van der Waals surface area contributed by atoms with Gasteiger partial charge in [0.25, 0.3) is 5.91 Å². The predicted molar refractivity (Wildman–Crippen MR) is 124 cm³/mol. The number of carbonyl (C=O) groups is 1. The summed E-state index contributed by atoms with van der Waals surface area (Å²) in [7, 11) is 0. The highest BCUT2D eigenvalue weighted by Gasteiger charge is 2.24. The molecule has 3 aromatic rings. The molecule has 9 heteroatoms. The van der Waals surface area contributed by atoms with Crippen molar-refractivity contribution in [1.29, 1.82) is 0 Å². The highest BCUT2D eigenvalue weighted by molar-refractivity contribution is 5.99.